The smallest absolute Gasteiger partial charge is 0.318 e. The molecular formula is C15H26N4O3. The molecule has 22 heavy (non-hydrogen) atoms. The van der Waals surface area contributed by atoms with Gasteiger partial charge >= 0.3 is 6.03 Å². The second-order valence-corrected chi connectivity index (χ2v) is 6.02. The highest BCUT2D eigenvalue weighted by Crippen LogP contribution is 2.12. The molecule has 7 nitrogen and oxygen atoms in total. The summed E-state index contributed by atoms with van der Waals surface area (Å²) in [6, 6.07) is 0.0995. The SMILES string of the molecule is CN(CC(N)=O)C[C@@H]1CN(C(=O)N[C@@H]2C=CCCC2)CCO1. The van der Waals surface area contributed by atoms with Crippen molar-refractivity contribution in [3.63, 3.8) is 0 Å². The summed E-state index contributed by atoms with van der Waals surface area (Å²) < 4.78 is 5.67. The van der Waals surface area contributed by atoms with Crippen LogP contribution in [0.4, 0.5) is 4.79 Å². The molecule has 2 atom stereocenters. The number of hydrogen-bond donors (Lipinski definition) is 2. The Bertz CT molecular complexity index is 427. The molecule has 2 aliphatic rings. The first-order chi connectivity index (χ1) is 10.5. The topological polar surface area (TPSA) is 87.9 Å². The minimum absolute atomic E-state index is 0.0394. The van der Waals surface area contributed by atoms with Crippen LogP contribution in [-0.4, -0.2) is 73.7 Å². The Hall–Kier alpha value is -1.60. The van der Waals surface area contributed by atoms with Crippen molar-refractivity contribution in [3.05, 3.63) is 12.2 Å². The van der Waals surface area contributed by atoms with Crippen molar-refractivity contribution in [1.29, 1.82) is 0 Å². The predicted molar refractivity (Wildman–Crippen MR) is 83.3 cm³/mol. The van der Waals surface area contributed by atoms with Crippen molar-refractivity contribution < 1.29 is 14.3 Å². The molecule has 3 N–H and O–H groups in total. The zero-order valence-electron chi connectivity index (χ0n) is 13.2. The van der Waals surface area contributed by atoms with Gasteiger partial charge in [0.15, 0.2) is 0 Å². The van der Waals surface area contributed by atoms with Crippen LogP contribution in [0.3, 0.4) is 0 Å². The molecule has 3 amide bonds. The van der Waals surface area contributed by atoms with E-state index in [-0.39, 0.29) is 30.6 Å². The van der Waals surface area contributed by atoms with Crippen LogP contribution < -0.4 is 11.1 Å². The zero-order valence-corrected chi connectivity index (χ0v) is 13.2. The number of urea groups is 1. The highest BCUT2D eigenvalue weighted by Gasteiger charge is 2.26. The molecule has 1 fully saturated rings. The third kappa shape index (κ3) is 5.31. The molecule has 0 aromatic heterocycles. The number of amides is 3. The van der Waals surface area contributed by atoms with E-state index in [9.17, 15) is 9.59 Å². The van der Waals surface area contributed by atoms with Gasteiger partial charge in [-0.2, -0.15) is 0 Å². The molecule has 0 unspecified atom stereocenters. The average Bonchev–Trinajstić information content (AvgIpc) is 2.47. The molecule has 0 aromatic rings. The predicted octanol–water partition coefficient (Wildman–Crippen LogP) is -0.0774. The summed E-state index contributed by atoms with van der Waals surface area (Å²) in [5.74, 6) is -0.364. The fraction of sp³-hybridized carbons (Fsp3) is 0.733. The maximum atomic E-state index is 12.3. The Labute approximate surface area is 131 Å². The molecule has 2 rings (SSSR count). The largest absolute Gasteiger partial charge is 0.373 e. The first-order valence-corrected chi connectivity index (χ1v) is 7.85. The molecule has 7 heteroatoms. The number of rotatable bonds is 5. The number of allylic oxidation sites excluding steroid dienone is 1. The fourth-order valence-electron chi connectivity index (χ4n) is 2.87. The average molecular weight is 310 g/mol. The van der Waals surface area contributed by atoms with E-state index in [1.807, 2.05) is 11.9 Å². The van der Waals surface area contributed by atoms with E-state index in [0.717, 1.165) is 19.3 Å². The van der Waals surface area contributed by atoms with Gasteiger partial charge in [0.1, 0.15) is 0 Å². The summed E-state index contributed by atoms with van der Waals surface area (Å²) >= 11 is 0. The standard InChI is InChI=1S/C15H26N4O3/c1-18(11-14(16)20)9-13-10-19(7-8-22-13)15(21)17-12-5-3-2-4-6-12/h3,5,12-13H,2,4,6-11H2,1H3,(H2,16,20)(H,17,21)/t12-,13-/m1/s1. The molecule has 1 saturated heterocycles. The van der Waals surface area contributed by atoms with E-state index in [1.165, 1.54) is 0 Å². The Morgan fingerprint density at radius 2 is 2.32 bits per heavy atom. The lowest BCUT2D eigenvalue weighted by Gasteiger charge is -2.35. The number of likely N-dealkylation sites (N-methyl/N-ethyl adjacent to an activating group) is 1. The Morgan fingerprint density at radius 3 is 3.00 bits per heavy atom. The van der Waals surface area contributed by atoms with Crippen LogP contribution in [0.5, 0.6) is 0 Å². The minimum Gasteiger partial charge on any atom is -0.373 e. The molecule has 0 saturated carbocycles. The lowest BCUT2D eigenvalue weighted by molar-refractivity contribution is -0.119. The van der Waals surface area contributed by atoms with E-state index >= 15 is 0 Å². The van der Waals surface area contributed by atoms with Gasteiger partial charge < -0.3 is 20.7 Å². The van der Waals surface area contributed by atoms with Crippen molar-refractivity contribution in [2.45, 2.75) is 31.4 Å². The monoisotopic (exact) mass is 310 g/mol. The van der Waals surface area contributed by atoms with E-state index < -0.39 is 0 Å². The van der Waals surface area contributed by atoms with Crippen LogP contribution in [0.25, 0.3) is 0 Å². The number of ether oxygens (including phenoxy) is 1. The number of primary amides is 1. The number of nitrogens with zero attached hydrogens (tertiary/aromatic N) is 2. The van der Waals surface area contributed by atoms with Gasteiger partial charge in [-0.3, -0.25) is 9.69 Å². The van der Waals surface area contributed by atoms with Crippen molar-refractivity contribution in [2.24, 2.45) is 5.73 Å². The van der Waals surface area contributed by atoms with Crippen molar-refractivity contribution in [1.82, 2.24) is 15.1 Å². The van der Waals surface area contributed by atoms with E-state index in [1.54, 1.807) is 4.90 Å². The number of hydrogen-bond acceptors (Lipinski definition) is 4. The van der Waals surface area contributed by atoms with Gasteiger partial charge in [-0.05, 0) is 26.3 Å². The number of carbonyl (C=O) groups excluding carboxylic acids is 2. The number of carbonyl (C=O) groups is 2. The van der Waals surface area contributed by atoms with Gasteiger partial charge in [-0.25, -0.2) is 4.79 Å². The molecule has 1 aliphatic heterocycles. The minimum atomic E-state index is -0.364. The molecule has 1 heterocycles. The summed E-state index contributed by atoms with van der Waals surface area (Å²) in [6.07, 6.45) is 7.31. The second-order valence-electron chi connectivity index (χ2n) is 6.02. The molecular weight excluding hydrogens is 284 g/mol. The Morgan fingerprint density at radius 1 is 1.50 bits per heavy atom. The molecule has 0 bridgehead atoms. The van der Waals surface area contributed by atoms with Gasteiger partial charge in [0.25, 0.3) is 0 Å². The van der Waals surface area contributed by atoms with Gasteiger partial charge in [-0.15, -0.1) is 0 Å². The Kier molecular flexibility index (Phi) is 6.21. The summed E-state index contributed by atoms with van der Waals surface area (Å²) in [6.45, 7) is 2.42. The van der Waals surface area contributed by atoms with Crippen LogP contribution in [0.15, 0.2) is 12.2 Å². The summed E-state index contributed by atoms with van der Waals surface area (Å²) in [4.78, 5) is 26.8. The summed E-state index contributed by atoms with van der Waals surface area (Å²) in [5.41, 5.74) is 5.18. The highest BCUT2D eigenvalue weighted by atomic mass is 16.5. The van der Waals surface area contributed by atoms with E-state index in [0.29, 0.717) is 26.2 Å². The van der Waals surface area contributed by atoms with Gasteiger partial charge in [-0.1, -0.05) is 12.2 Å². The van der Waals surface area contributed by atoms with Crippen LogP contribution in [-0.2, 0) is 9.53 Å². The highest BCUT2D eigenvalue weighted by molar-refractivity contribution is 5.76. The third-order valence-electron chi connectivity index (χ3n) is 3.93. The van der Waals surface area contributed by atoms with Crippen molar-refractivity contribution >= 4 is 11.9 Å². The molecule has 0 aromatic carbocycles. The molecule has 124 valence electrons. The number of morpholine rings is 1. The quantitative estimate of drug-likeness (QED) is 0.695. The zero-order chi connectivity index (χ0) is 15.9. The third-order valence-corrected chi connectivity index (χ3v) is 3.93. The number of nitrogens with one attached hydrogen (secondary N) is 1. The van der Waals surface area contributed by atoms with Crippen molar-refractivity contribution in [2.75, 3.05) is 39.8 Å². The van der Waals surface area contributed by atoms with Gasteiger partial charge in [0.05, 0.1) is 19.3 Å². The van der Waals surface area contributed by atoms with Crippen LogP contribution >= 0.6 is 0 Å². The summed E-state index contributed by atoms with van der Waals surface area (Å²) in [5, 5.41) is 3.05. The Balaban J connectivity index is 1.79. The molecule has 1 aliphatic carbocycles. The molecule has 0 spiro atoms. The number of nitrogens with two attached hydrogens (primary N) is 1. The van der Waals surface area contributed by atoms with E-state index in [4.69, 9.17) is 10.5 Å². The second kappa shape index (κ2) is 8.14. The van der Waals surface area contributed by atoms with Crippen LogP contribution in [0, 0.1) is 0 Å². The first-order valence-electron chi connectivity index (χ1n) is 7.85. The lowest BCUT2D eigenvalue weighted by atomic mass is 10.0. The maximum absolute atomic E-state index is 12.3. The van der Waals surface area contributed by atoms with Gasteiger partial charge in [0, 0.05) is 25.7 Å². The van der Waals surface area contributed by atoms with Crippen LogP contribution in [0.2, 0.25) is 0 Å². The normalized spacial score (nSPS) is 25.3. The fourth-order valence-corrected chi connectivity index (χ4v) is 2.87. The lowest BCUT2D eigenvalue weighted by Crippen LogP contribution is -2.54. The van der Waals surface area contributed by atoms with E-state index in [2.05, 4.69) is 17.5 Å². The maximum Gasteiger partial charge on any atom is 0.318 e. The molecule has 0 radical (unpaired) electrons. The van der Waals surface area contributed by atoms with Gasteiger partial charge in [0.2, 0.25) is 5.91 Å². The van der Waals surface area contributed by atoms with Crippen LogP contribution in [0.1, 0.15) is 19.3 Å². The first kappa shape index (κ1) is 16.8. The summed E-state index contributed by atoms with van der Waals surface area (Å²) in [7, 11) is 1.82. The van der Waals surface area contributed by atoms with Crippen molar-refractivity contribution in [3.8, 4) is 0 Å².